The van der Waals surface area contributed by atoms with E-state index in [-0.39, 0.29) is 6.10 Å². The molecule has 2 aliphatic rings. The zero-order valence-corrected chi connectivity index (χ0v) is 8.26. The van der Waals surface area contributed by atoms with Crippen LogP contribution in [0.3, 0.4) is 0 Å². The summed E-state index contributed by atoms with van der Waals surface area (Å²) in [5.74, 6) is 2.32. The highest BCUT2D eigenvalue weighted by molar-refractivity contribution is 9.09. The van der Waals surface area contributed by atoms with E-state index in [1.165, 1.54) is 19.3 Å². The molecule has 0 unspecified atom stereocenters. The Hall–Kier alpha value is 0.440. The molecule has 0 aromatic carbocycles. The van der Waals surface area contributed by atoms with Crippen molar-refractivity contribution in [1.29, 1.82) is 0 Å². The smallest absolute Gasteiger partial charge is 0.0571 e. The topological polar surface area (TPSA) is 20.2 Å². The maximum Gasteiger partial charge on any atom is 0.0571 e. The van der Waals surface area contributed by atoms with Crippen molar-refractivity contribution in [3.05, 3.63) is 0 Å². The van der Waals surface area contributed by atoms with E-state index in [2.05, 4.69) is 15.9 Å². The third-order valence-corrected chi connectivity index (χ3v) is 4.24. The van der Waals surface area contributed by atoms with Crippen LogP contribution in [-0.4, -0.2) is 16.5 Å². The summed E-state index contributed by atoms with van der Waals surface area (Å²) in [5.41, 5.74) is 0. The maximum absolute atomic E-state index is 9.68. The fourth-order valence-corrected chi connectivity index (χ4v) is 3.53. The summed E-state index contributed by atoms with van der Waals surface area (Å²) in [6.45, 7) is 0. The minimum atomic E-state index is 0.0105. The van der Waals surface area contributed by atoms with E-state index in [0.717, 1.165) is 23.6 Å². The van der Waals surface area contributed by atoms with Gasteiger partial charge in [-0.15, -0.1) is 0 Å². The molecule has 2 saturated carbocycles. The van der Waals surface area contributed by atoms with Gasteiger partial charge in [0.2, 0.25) is 0 Å². The van der Waals surface area contributed by atoms with Gasteiger partial charge in [-0.2, -0.15) is 0 Å². The number of alkyl halides is 1. The van der Waals surface area contributed by atoms with Gasteiger partial charge < -0.3 is 5.11 Å². The average Bonchev–Trinajstić information content (AvgIpc) is 2.37. The Morgan fingerprint density at radius 1 is 1.27 bits per heavy atom. The minimum Gasteiger partial charge on any atom is -0.393 e. The number of aliphatic hydroxyl groups is 1. The molecule has 0 saturated heterocycles. The van der Waals surface area contributed by atoms with Crippen LogP contribution in [-0.2, 0) is 0 Å². The first-order chi connectivity index (χ1) is 5.31. The van der Waals surface area contributed by atoms with E-state index in [9.17, 15) is 5.11 Å². The molecule has 2 rings (SSSR count). The molecule has 0 heterocycles. The second kappa shape index (κ2) is 3.06. The van der Waals surface area contributed by atoms with Crippen molar-refractivity contribution in [2.75, 3.05) is 5.33 Å². The van der Waals surface area contributed by atoms with Gasteiger partial charge in [0.15, 0.2) is 0 Å². The van der Waals surface area contributed by atoms with E-state index in [4.69, 9.17) is 0 Å². The second-order valence-corrected chi connectivity index (χ2v) is 4.71. The molecule has 2 aliphatic carbocycles. The van der Waals surface area contributed by atoms with Crippen LogP contribution in [0.4, 0.5) is 0 Å². The molecular formula is C9H15BrO. The van der Waals surface area contributed by atoms with Gasteiger partial charge in [-0.1, -0.05) is 15.9 Å². The molecule has 1 N–H and O–H groups in total. The largest absolute Gasteiger partial charge is 0.393 e. The van der Waals surface area contributed by atoms with Crippen LogP contribution >= 0.6 is 15.9 Å². The Morgan fingerprint density at radius 3 is 2.82 bits per heavy atom. The van der Waals surface area contributed by atoms with Gasteiger partial charge >= 0.3 is 0 Å². The summed E-state index contributed by atoms with van der Waals surface area (Å²) in [5, 5.41) is 10.8. The van der Waals surface area contributed by atoms with Crippen LogP contribution in [0.25, 0.3) is 0 Å². The molecule has 0 aliphatic heterocycles. The van der Waals surface area contributed by atoms with E-state index in [1.807, 2.05) is 0 Å². The lowest BCUT2D eigenvalue weighted by molar-refractivity contribution is 0.0640. The molecule has 0 amide bonds. The van der Waals surface area contributed by atoms with E-state index >= 15 is 0 Å². The molecule has 4 atom stereocenters. The van der Waals surface area contributed by atoms with E-state index in [0.29, 0.717) is 5.92 Å². The van der Waals surface area contributed by atoms with Gasteiger partial charge in [0.05, 0.1) is 6.10 Å². The molecule has 0 spiro atoms. The number of fused-ring (bicyclic) bond motifs is 2. The lowest BCUT2D eigenvalue weighted by Crippen LogP contribution is -2.26. The van der Waals surface area contributed by atoms with Crippen molar-refractivity contribution >= 4 is 15.9 Å². The standard InChI is InChI=1S/C9H15BrO/c10-5-7-3-6-1-2-9(11)8(7)4-6/h6-9,11H,1-5H2/t6-,7-,8+,9+/m0/s1. The number of aliphatic hydroxyl groups excluding tert-OH is 1. The summed E-state index contributed by atoms with van der Waals surface area (Å²) in [6.07, 6.45) is 4.97. The summed E-state index contributed by atoms with van der Waals surface area (Å²) in [6, 6.07) is 0. The Kier molecular flexibility index (Phi) is 2.24. The Balaban J connectivity index is 2.06. The monoisotopic (exact) mass is 218 g/mol. The van der Waals surface area contributed by atoms with Crippen LogP contribution in [0.2, 0.25) is 0 Å². The van der Waals surface area contributed by atoms with Crippen molar-refractivity contribution in [2.24, 2.45) is 17.8 Å². The SMILES string of the molecule is O[C@@H]1CC[C@H]2C[C@@H](CBr)[C@H]1C2. The number of hydrogen-bond donors (Lipinski definition) is 1. The molecule has 1 nitrogen and oxygen atoms in total. The Bertz CT molecular complexity index is 146. The first-order valence-electron chi connectivity index (χ1n) is 4.55. The first kappa shape index (κ1) is 8.06. The highest BCUT2D eigenvalue weighted by Gasteiger charge is 2.41. The van der Waals surface area contributed by atoms with Crippen LogP contribution in [0.1, 0.15) is 25.7 Å². The van der Waals surface area contributed by atoms with Crippen LogP contribution in [0.15, 0.2) is 0 Å². The van der Waals surface area contributed by atoms with Gasteiger partial charge in [-0.05, 0) is 43.4 Å². The normalized spacial score (nSPS) is 49.6. The Morgan fingerprint density at radius 2 is 2.09 bits per heavy atom. The zero-order chi connectivity index (χ0) is 7.84. The van der Waals surface area contributed by atoms with Gasteiger partial charge in [-0.25, -0.2) is 0 Å². The predicted octanol–water partition coefficient (Wildman–Crippen LogP) is 2.18. The number of rotatable bonds is 1. The second-order valence-electron chi connectivity index (χ2n) is 4.06. The fraction of sp³-hybridized carbons (Fsp3) is 1.00. The minimum absolute atomic E-state index is 0.0105. The molecule has 2 bridgehead atoms. The van der Waals surface area contributed by atoms with Crippen molar-refractivity contribution < 1.29 is 5.11 Å². The third kappa shape index (κ3) is 1.35. The maximum atomic E-state index is 9.68. The lowest BCUT2D eigenvalue weighted by Gasteiger charge is -2.26. The molecule has 0 aromatic rings. The third-order valence-electron chi connectivity index (χ3n) is 3.41. The molecule has 0 radical (unpaired) electrons. The van der Waals surface area contributed by atoms with Crippen LogP contribution in [0, 0.1) is 17.8 Å². The van der Waals surface area contributed by atoms with Crippen LogP contribution < -0.4 is 0 Å². The Labute approximate surface area is 76.3 Å². The first-order valence-corrected chi connectivity index (χ1v) is 5.67. The zero-order valence-electron chi connectivity index (χ0n) is 6.67. The highest BCUT2D eigenvalue weighted by atomic mass is 79.9. The van der Waals surface area contributed by atoms with Gasteiger partial charge in [-0.3, -0.25) is 0 Å². The van der Waals surface area contributed by atoms with Gasteiger partial charge in [0.25, 0.3) is 0 Å². The predicted molar refractivity (Wildman–Crippen MR) is 48.7 cm³/mol. The van der Waals surface area contributed by atoms with Crippen molar-refractivity contribution in [2.45, 2.75) is 31.8 Å². The molecule has 2 fully saturated rings. The van der Waals surface area contributed by atoms with E-state index < -0.39 is 0 Å². The summed E-state index contributed by atoms with van der Waals surface area (Å²) >= 11 is 3.53. The quantitative estimate of drug-likeness (QED) is 0.670. The summed E-state index contributed by atoms with van der Waals surface area (Å²) < 4.78 is 0. The van der Waals surface area contributed by atoms with E-state index in [1.54, 1.807) is 0 Å². The average molecular weight is 219 g/mol. The molecular weight excluding hydrogens is 204 g/mol. The lowest BCUT2D eigenvalue weighted by atomic mass is 9.85. The van der Waals surface area contributed by atoms with Crippen molar-refractivity contribution in [1.82, 2.24) is 0 Å². The molecule has 64 valence electrons. The molecule has 0 aromatic heterocycles. The number of hydrogen-bond acceptors (Lipinski definition) is 1. The van der Waals surface area contributed by atoms with Crippen molar-refractivity contribution in [3.63, 3.8) is 0 Å². The molecule has 2 heteroatoms. The molecule has 11 heavy (non-hydrogen) atoms. The van der Waals surface area contributed by atoms with Crippen LogP contribution in [0.5, 0.6) is 0 Å². The van der Waals surface area contributed by atoms with Crippen molar-refractivity contribution in [3.8, 4) is 0 Å². The fourth-order valence-electron chi connectivity index (χ4n) is 2.78. The number of halogens is 1. The van der Waals surface area contributed by atoms with Gasteiger partial charge in [0.1, 0.15) is 0 Å². The summed E-state index contributed by atoms with van der Waals surface area (Å²) in [7, 11) is 0. The summed E-state index contributed by atoms with van der Waals surface area (Å²) in [4.78, 5) is 0. The van der Waals surface area contributed by atoms with Gasteiger partial charge in [0, 0.05) is 5.33 Å². The highest BCUT2D eigenvalue weighted by Crippen LogP contribution is 2.46.